The van der Waals surface area contributed by atoms with Gasteiger partial charge in [0.2, 0.25) is 0 Å². The molecule has 0 bridgehead atoms. The van der Waals surface area contributed by atoms with Crippen molar-refractivity contribution in [3.63, 3.8) is 0 Å². The Balaban J connectivity index is 1.45. The van der Waals surface area contributed by atoms with Gasteiger partial charge in [-0.3, -0.25) is 14.4 Å². The Bertz CT molecular complexity index is 1240. The second-order valence-corrected chi connectivity index (χ2v) is 6.86. The number of hydrogen-bond donors (Lipinski definition) is 1. The number of rotatable bonds is 6. The third-order valence-corrected chi connectivity index (χ3v) is 4.83. The molecule has 1 N–H and O–H groups in total. The number of hydrogen-bond acceptors (Lipinski definition) is 6. The Morgan fingerprint density at radius 2 is 1.69 bits per heavy atom. The van der Waals surface area contributed by atoms with Crippen LogP contribution in [0.2, 0.25) is 0 Å². The highest BCUT2D eigenvalue weighted by Gasteiger charge is 2.36. The standard InChI is InChI=1S/C24H17N3O5/c1-31-21-11-15(13-25)9-10-20(21)32-14-22(28)26-16-5-4-6-17(12-16)27-23(29)18-7-2-3-8-19(18)24(27)30/h2-12H,14H2,1H3,(H,26,28). The first kappa shape index (κ1) is 20.6. The van der Waals surface area contributed by atoms with E-state index in [4.69, 9.17) is 14.7 Å². The van der Waals surface area contributed by atoms with Gasteiger partial charge in [-0.2, -0.15) is 5.26 Å². The fourth-order valence-corrected chi connectivity index (χ4v) is 3.34. The van der Waals surface area contributed by atoms with Gasteiger partial charge in [0.25, 0.3) is 17.7 Å². The molecular formula is C24H17N3O5. The molecule has 0 fully saturated rings. The molecule has 0 radical (unpaired) electrons. The molecule has 3 aromatic carbocycles. The Labute approximate surface area is 183 Å². The average molecular weight is 427 g/mol. The second-order valence-electron chi connectivity index (χ2n) is 6.86. The topological polar surface area (TPSA) is 109 Å². The molecule has 1 aliphatic rings. The van der Waals surface area contributed by atoms with Crippen LogP contribution in [-0.4, -0.2) is 31.4 Å². The summed E-state index contributed by atoms with van der Waals surface area (Å²) in [5.41, 5.74) is 1.85. The maximum Gasteiger partial charge on any atom is 0.266 e. The van der Waals surface area contributed by atoms with Gasteiger partial charge >= 0.3 is 0 Å². The lowest BCUT2D eigenvalue weighted by Gasteiger charge is -2.15. The minimum Gasteiger partial charge on any atom is -0.493 e. The van der Waals surface area contributed by atoms with Crippen LogP contribution in [0.4, 0.5) is 11.4 Å². The van der Waals surface area contributed by atoms with Gasteiger partial charge in [-0.1, -0.05) is 18.2 Å². The van der Waals surface area contributed by atoms with Crippen molar-refractivity contribution in [2.45, 2.75) is 0 Å². The number of methoxy groups -OCH3 is 1. The Hall–Kier alpha value is -4.64. The van der Waals surface area contributed by atoms with Crippen LogP contribution in [0, 0.1) is 11.3 Å². The summed E-state index contributed by atoms with van der Waals surface area (Å²) in [5.74, 6) is -0.613. The molecule has 0 saturated carbocycles. The first-order valence-electron chi connectivity index (χ1n) is 9.60. The first-order chi connectivity index (χ1) is 15.5. The fraction of sp³-hybridized carbons (Fsp3) is 0.0833. The molecule has 0 aromatic heterocycles. The molecule has 0 unspecified atom stereocenters. The van der Waals surface area contributed by atoms with Crippen molar-refractivity contribution in [1.82, 2.24) is 0 Å². The van der Waals surface area contributed by atoms with E-state index in [0.717, 1.165) is 4.90 Å². The van der Waals surface area contributed by atoms with Crippen molar-refractivity contribution < 1.29 is 23.9 Å². The molecule has 4 rings (SSSR count). The summed E-state index contributed by atoms with van der Waals surface area (Å²) < 4.78 is 10.7. The molecule has 32 heavy (non-hydrogen) atoms. The van der Waals surface area contributed by atoms with Crippen molar-refractivity contribution in [3.05, 3.63) is 83.4 Å². The lowest BCUT2D eigenvalue weighted by molar-refractivity contribution is -0.118. The molecule has 1 aliphatic heterocycles. The number of nitrogens with one attached hydrogen (secondary N) is 1. The zero-order valence-electron chi connectivity index (χ0n) is 17.0. The number of amides is 3. The Morgan fingerprint density at radius 3 is 2.34 bits per heavy atom. The molecule has 0 atom stereocenters. The van der Waals surface area contributed by atoms with Crippen molar-refractivity contribution in [2.24, 2.45) is 0 Å². The maximum atomic E-state index is 12.7. The van der Waals surface area contributed by atoms with E-state index in [1.165, 1.54) is 13.2 Å². The molecule has 3 aromatic rings. The lowest BCUT2D eigenvalue weighted by Crippen LogP contribution is -2.29. The van der Waals surface area contributed by atoms with Gasteiger partial charge in [0.1, 0.15) is 0 Å². The highest BCUT2D eigenvalue weighted by Crippen LogP contribution is 2.30. The van der Waals surface area contributed by atoms with E-state index < -0.39 is 17.7 Å². The third-order valence-electron chi connectivity index (χ3n) is 4.83. The summed E-state index contributed by atoms with van der Waals surface area (Å²) in [7, 11) is 1.44. The van der Waals surface area contributed by atoms with Crippen molar-refractivity contribution in [2.75, 3.05) is 23.9 Å². The van der Waals surface area contributed by atoms with Crippen molar-refractivity contribution >= 4 is 29.1 Å². The predicted octanol–water partition coefficient (Wildman–Crippen LogP) is 3.38. The molecule has 0 saturated heterocycles. The summed E-state index contributed by atoms with van der Waals surface area (Å²) in [6.45, 7) is -0.306. The molecule has 0 spiro atoms. The highest BCUT2D eigenvalue weighted by atomic mass is 16.5. The molecule has 8 heteroatoms. The Kier molecular flexibility index (Phi) is 5.55. The number of nitriles is 1. The fourth-order valence-electron chi connectivity index (χ4n) is 3.34. The van der Waals surface area contributed by atoms with Crippen LogP contribution in [-0.2, 0) is 4.79 Å². The van der Waals surface area contributed by atoms with Gasteiger partial charge in [0.15, 0.2) is 18.1 Å². The van der Waals surface area contributed by atoms with Crippen molar-refractivity contribution in [3.8, 4) is 17.6 Å². The van der Waals surface area contributed by atoms with Crippen LogP contribution in [0.25, 0.3) is 0 Å². The van der Waals surface area contributed by atoms with E-state index in [1.807, 2.05) is 6.07 Å². The van der Waals surface area contributed by atoms with Crippen LogP contribution in [0.15, 0.2) is 66.7 Å². The van der Waals surface area contributed by atoms with Crippen molar-refractivity contribution in [1.29, 1.82) is 5.26 Å². The highest BCUT2D eigenvalue weighted by molar-refractivity contribution is 6.34. The van der Waals surface area contributed by atoms with Crippen LogP contribution in [0.3, 0.4) is 0 Å². The van der Waals surface area contributed by atoms with Gasteiger partial charge in [-0.25, -0.2) is 4.90 Å². The number of ether oxygens (including phenoxy) is 2. The molecule has 3 amide bonds. The first-order valence-corrected chi connectivity index (χ1v) is 9.60. The van der Waals surface area contributed by atoms with Gasteiger partial charge in [-0.15, -0.1) is 0 Å². The van der Waals surface area contributed by atoms with Gasteiger partial charge < -0.3 is 14.8 Å². The van der Waals surface area contributed by atoms with Crippen LogP contribution in [0.1, 0.15) is 26.3 Å². The maximum absolute atomic E-state index is 12.7. The molecule has 0 aliphatic carbocycles. The van der Waals surface area contributed by atoms with E-state index in [9.17, 15) is 14.4 Å². The number of imide groups is 1. The van der Waals surface area contributed by atoms with E-state index in [0.29, 0.717) is 39.6 Å². The van der Waals surface area contributed by atoms with E-state index in [1.54, 1.807) is 60.7 Å². The number of nitrogens with zero attached hydrogens (tertiary/aromatic N) is 2. The molecule has 1 heterocycles. The minimum atomic E-state index is -0.448. The number of carbonyl (C=O) groups is 3. The van der Waals surface area contributed by atoms with Gasteiger partial charge in [-0.05, 0) is 42.5 Å². The number of fused-ring (bicyclic) bond motifs is 1. The lowest BCUT2D eigenvalue weighted by atomic mass is 10.1. The predicted molar refractivity (Wildman–Crippen MR) is 116 cm³/mol. The Morgan fingerprint density at radius 1 is 0.969 bits per heavy atom. The molecular weight excluding hydrogens is 410 g/mol. The third kappa shape index (κ3) is 3.87. The second kappa shape index (κ2) is 8.62. The summed E-state index contributed by atoms with van der Waals surface area (Å²) >= 11 is 0. The van der Waals surface area contributed by atoms with E-state index in [2.05, 4.69) is 5.32 Å². The van der Waals surface area contributed by atoms with E-state index in [-0.39, 0.29) is 6.61 Å². The largest absolute Gasteiger partial charge is 0.493 e. The summed E-state index contributed by atoms with van der Waals surface area (Å²) in [6.07, 6.45) is 0. The SMILES string of the molecule is COc1cc(C#N)ccc1OCC(=O)Nc1cccc(N2C(=O)c3ccccc3C2=O)c1. The van der Waals surface area contributed by atoms with Gasteiger partial charge in [0, 0.05) is 11.8 Å². The molecule has 158 valence electrons. The average Bonchev–Trinajstić information content (AvgIpc) is 3.08. The van der Waals surface area contributed by atoms with Crippen LogP contribution >= 0.6 is 0 Å². The smallest absolute Gasteiger partial charge is 0.266 e. The van der Waals surface area contributed by atoms with Gasteiger partial charge in [0.05, 0.1) is 35.6 Å². The number of benzene rings is 3. The van der Waals surface area contributed by atoms with E-state index >= 15 is 0 Å². The summed E-state index contributed by atoms with van der Waals surface area (Å²) in [4.78, 5) is 38.8. The van der Waals surface area contributed by atoms with Crippen LogP contribution < -0.4 is 19.7 Å². The molecule has 8 nitrogen and oxygen atoms in total. The zero-order valence-corrected chi connectivity index (χ0v) is 17.0. The summed E-state index contributed by atoms with van der Waals surface area (Å²) in [5, 5.41) is 11.6. The zero-order chi connectivity index (χ0) is 22.7. The summed E-state index contributed by atoms with van der Waals surface area (Å²) in [6, 6.07) is 19.7. The minimum absolute atomic E-state index is 0.306. The quantitative estimate of drug-likeness (QED) is 0.604. The number of anilines is 2. The number of carbonyl (C=O) groups excluding carboxylic acids is 3. The monoisotopic (exact) mass is 427 g/mol. The normalized spacial score (nSPS) is 12.2. The van der Waals surface area contributed by atoms with Crippen LogP contribution in [0.5, 0.6) is 11.5 Å².